The minimum atomic E-state index is -1.09. The molecule has 162 valence electrons. The number of fused-ring (bicyclic) bond motifs is 2. The van der Waals surface area contributed by atoms with Crippen LogP contribution in [0.5, 0.6) is 0 Å². The molecular weight excluding hydrogens is 426 g/mol. The summed E-state index contributed by atoms with van der Waals surface area (Å²) in [5.41, 5.74) is 1.89. The molecule has 3 aromatic rings. The van der Waals surface area contributed by atoms with Gasteiger partial charge < -0.3 is 5.32 Å². The number of anilines is 1. The summed E-state index contributed by atoms with van der Waals surface area (Å²) in [6, 6.07) is 16.9. The highest BCUT2D eigenvalue weighted by Gasteiger charge is 2.54. The first-order chi connectivity index (χ1) is 15.5. The number of rotatable bonds is 5. The quantitative estimate of drug-likeness (QED) is 0.586. The number of aromatic nitrogens is 2. The van der Waals surface area contributed by atoms with E-state index in [1.54, 1.807) is 0 Å². The smallest absolute Gasteiger partial charge is 0.319 e. The van der Waals surface area contributed by atoms with E-state index in [1.165, 1.54) is 11.3 Å². The van der Waals surface area contributed by atoms with Gasteiger partial charge in [0.1, 0.15) is 17.1 Å². The lowest BCUT2D eigenvalue weighted by Crippen LogP contribution is -2.47. The predicted octanol–water partition coefficient (Wildman–Crippen LogP) is 2.85. The second-order valence-electron chi connectivity index (χ2n) is 7.95. The largest absolute Gasteiger partial charge is 0.325 e. The van der Waals surface area contributed by atoms with E-state index in [0.717, 1.165) is 39.4 Å². The van der Waals surface area contributed by atoms with Crippen LogP contribution in [0.4, 0.5) is 9.93 Å². The lowest BCUT2D eigenvalue weighted by Gasteiger charge is -2.33. The fourth-order valence-electron chi connectivity index (χ4n) is 4.40. The van der Waals surface area contributed by atoms with Crippen LogP contribution in [0.1, 0.15) is 34.5 Å². The van der Waals surface area contributed by atoms with Gasteiger partial charge in [0, 0.05) is 6.42 Å². The molecule has 5 rings (SSSR count). The molecule has 8 nitrogen and oxygen atoms in total. The molecule has 0 bridgehead atoms. The number of carbonyl (C=O) groups excluding carboxylic acids is 3. The number of nitrogens with one attached hydrogen (secondary N) is 2. The number of imide groups is 1. The van der Waals surface area contributed by atoms with Crippen molar-refractivity contribution in [2.75, 3.05) is 11.9 Å². The van der Waals surface area contributed by atoms with E-state index in [-0.39, 0.29) is 12.5 Å². The van der Waals surface area contributed by atoms with Crippen LogP contribution in [0.3, 0.4) is 0 Å². The molecule has 1 aliphatic carbocycles. The van der Waals surface area contributed by atoms with Gasteiger partial charge in [0.05, 0.1) is 0 Å². The van der Waals surface area contributed by atoms with Gasteiger partial charge in [-0.3, -0.25) is 19.8 Å². The van der Waals surface area contributed by atoms with Crippen molar-refractivity contribution in [1.29, 1.82) is 0 Å². The van der Waals surface area contributed by atoms with E-state index in [0.29, 0.717) is 18.0 Å². The van der Waals surface area contributed by atoms with Crippen molar-refractivity contribution >= 4 is 34.3 Å². The molecule has 2 heterocycles. The standard InChI is InChI=1S/C23H21N5O3S/c29-18(24-21-27-26-19(32-21)13-15-7-2-1-3-8-15)14-28-20(30)23(25-22(28)31)12-6-10-16-9-4-5-11-17(16)23/h1-5,7-9,11H,6,10,12-14H2,(H,25,31)(H,24,27,29). The average Bonchev–Trinajstić information content (AvgIpc) is 3.32. The van der Waals surface area contributed by atoms with Gasteiger partial charge >= 0.3 is 6.03 Å². The minimum absolute atomic E-state index is 0.339. The normalized spacial score (nSPS) is 19.7. The first-order valence-electron chi connectivity index (χ1n) is 10.4. The molecule has 1 saturated heterocycles. The van der Waals surface area contributed by atoms with Crippen LogP contribution in [0.15, 0.2) is 54.6 Å². The maximum absolute atomic E-state index is 13.3. The van der Waals surface area contributed by atoms with Crippen molar-refractivity contribution in [1.82, 2.24) is 20.4 Å². The number of hydrogen-bond acceptors (Lipinski definition) is 6. The van der Waals surface area contributed by atoms with Crippen LogP contribution < -0.4 is 10.6 Å². The third-order valence-corrected chi connectivity index (χ3v) is 6.70. The summed E-state index contributed by atoms with van der Waals surface area (Å²) >= 11 is 1.27. The molecule has 1 unspecified atom stereocenters. The Morgan fingerprint density at radius 2 is 1.88 bits per heavy atom. The summed E-state index contributed by atoms with van der Waals surface area (Å²) in [5.74, 6) is -0.871. The summed E-state index contributed by atoms with van der Waals surface area (Å²) in [7, 11) is 0. The lowest BCUT2D eigenvalue weighted by molar-refractivity contribution is -0.134. The van der Waals surface area contributed by atoms with Crippen molar-refractivity contribution in [2.45, 2.75) is 31.2 Å². The van der Waals surface area contributed by atoms with Crippen LogP contribution in [-0.4, -0.2) is 39.5 Å². The summed E-state index contributed by atoms with van der Waals surface area (Å²) < 4.78 is 0. The molecule has 1 spiro atoms. The number of carbonyl (C=O) groups is 3. The maximum atomic E-state index is 13.3. The average molecular weight is 448 g/mol. The third kappa shape index (κ3) is 3.64. The SMILES string of the molecule is O=C(CN1C(=O)NC2(CCCc3ccccc32)C1=O)Nc1nnc(Cc2ccccc2)s1. The fourth-order valence-corrected chi connectivity index (χ4v) is 5.19. The molecule has 2 aliphatic rings. The Hall–Kier alpha value is -3.59. The summed E-state index contributed by atoms with van der Waals surface area (Å²) in [6.07, 6.45) is 2.79. The molecule has 0 saturated carbocycles. The molecule has 2 aromatic carbocycles. The van der Waals surface area contributed by atoms with Crippen molar-refractivity contribution < 1.29 is 14.4 Å². The maximum Gasteiger partial charge on any atom is 0.325 e. The van der Waals surface area contributed by atoms with Crippen LogP contribution in [0.2, 0.25) is 0 Å². The van der Waals surface area contributed by atoms with Gasteiger partial charge in [0.2, 0.25) is 11.0 Å². The van der Waals surface area contributed by atoms with Crippen molar-refractivity contribution in [3.05, 3.63) is 76.3 Å². The number of urea groups is 1. The number of aryl methyl sites for hydroxylation is 1. The summed E-state index contributed by atoms with van der Waals surface area (Å²) in [5, 5.41) is 14.7. The van der Waals surface area contributed by atoms with E-state index < -0.39 is 17.5 Å². The molecule has 32 heavy (non-hydrogen) atoms. The van der Waals surface area contributed by atoms with Crippen LogP contribution in [-0.2, 0) is 28.0 Å². The van der Waals surface area contributed by atoms with E-state index >= 15 is 0 Å². The summed E-state index contributed by atoms with van der Waals surface area (Å²) in [4.78, 5) is 39.5. The van der Waals surface area contributed by atoms with E-state index in [4.69, 9.17) is 0 Å². The molecule has 1 atom stereocenters. The zero-order chi connectivity index (χ0) is 22.1. The highest BCUT2D eigenvalue weighted by Crippen LogP contribution is 2.39. The van der Waals surface area contributed by atoms with Gasteiger partial charge in [-0.1, -0.05) is 65.9 Å². The third-order valence-electron chi connectivity index (χ3n) is 5.86. The van der Waals surface area contributed by atoms with E-state index in [9.17, 15) is 14.4 Å². The van der Waals surface area contributed by atoms with Crippen molar-refractivity contribution in [3.8, 4) is 0 Å². The van der Waals surface area contributed by atoms with Gasteiger partial charge in [0.15, 0.2) is 0 Å². The Kier molecular flexibility index (Phi) is 5.18. The molecule has 0 radical (unpaired) electrons. The van der Waals surface area contributed by atoms with Crippen LogP contribution in [0.25, 0.3) is 0 Å². The van der Waals surface area contributed by atoms with Crippen molar-refractivity contribution in [2.24, 2.45) is 0 Å². The zero-order valence-electron chi connectivity index (χ0n) is 17.2. The number of nitrogens with zero attached hydrogens (tertiary/aromatic N) is 3. The Labute approximate surface area is 188 Å². The topological polar surface area (TPSA) is 104 Å². The number of amides is 4. The molecular formula is C23H21N5O3S. The van der Waals surface area contributed by atoms with Gasteiger partial charge in [-0.25, -0.2) is 4.79 Å². The molecule has 9 heteroatoms. The van der Waals surface area contributed by atoms with Gasteiger partial charge in [-0.2, -0.15) is 0 Å². The molecule has 1 aliphatic heterocycles. The Bertz CT molecular complexity index is 1200. The Balaban J connectivity index is 1.27. The first-order valence-corrected chi connectivity index (χ1v) is 11.3. The monoisotopic (exact) mass is 447 g/mol. The van der Waals surface area contributed by atoms with E-state index in [2.05, 4.69) is 20.8 Å². The Morgan fingerprint density at radius 3 is 2.72 bits per heavy atom. The molecule has 2 N–H and O–H groups in total. The lowest BCUT2D eigenvalue weighted by atomic mass is 9.76. The van der Waals surface area contributed by atoms with Crippen LogP contribution >= 0.6 is 11.3 Å². The predicted molar refractivity (Wildman–Crippen MR) is 119 cm³/mol. The first kappa shape index (κ1) is 20.3. The molecule has 4 amide bonds. The fraction of sp³-hybridized carbons (Fsp3) is 0.261. The highest BCUT2D eigenvalue weighted by atomic mass is 32.1. The molecule has 1 fully saturated rings. The Morgan fingerprint density at radius 1 is 1.09 bits per heavy atom. The number of benzene rings is 2. The highest BCUT2D eigenvalue weighted by molar-refractivity contribution is 7.15. The second-order valence-corrected chi connectivity index (χ2v) is 9.01. The van der Waals surface area contributed by atoms with Crippen molar-refractivity contribution in [3.63, 3.8) is 0 Å². The van der Waals surface area contributed by atoms with Gasteiger partial charge in [-0.05, 0) is 36.0 Å². The second kappa shape index (κ2) is 8.16. The van der Waals surface area contributed by atoms with E-state index in [1.807, 2.05) is 54.6 Å². The van der Waals surface area contributed by atoms with Crippen LogP contribution in [0, 0.1) is 0 Å². The van der Waals surface area contributed by atoms with Gasteiger partial charge in [0.25, 0.3) is 5.91 Å². The minimum Gasteiger partial charge on any atom is -0.319 e. The molecule has 1 aromatic heterocycles. The zero-order valence-corrected chi connectivity index (χ0v) is 18.0. The number of hydrogen-bond donors (Lipinski definition) is 2. The van der Waals surface area contributed by atoms with Gasteiger partial charge in [-0.15, -0.1) is 10.2 Å². The summed E-state index contributed by atoms with van der Waals surface area (Å²) in [6.45, 7) is -0.373.